The third-order valence-corrected chi connectivity index (χ3v) is 2.68. The van der Waals surface area contributed by atoms with Crippen LogP contribution in [-0.2, 0) is 0 Å². The van der Waals surface area contributed by atoms with Crippen LogP contribution >= 0.6 is 0 Å². The van der Waals surface area contributed by atoms with E-state index in [0.717, 1.165) is 13.1 Å². The zero-order valence-electron chi connectivity index (χ0n) is 7.88. The summed E-state index contributed by atoms with van der Waals surface area (Å²) in [6.45, 7) is 2.08. The monoisotopic (exact) mass is 187 g/mol. The summed E-state index contributed by atoms with van der Waals surface area (Å²) in [5.41, 5.74) is 2.43. The normalized spacial score (nSPS) is 18.0. The van der Waals surface area contributed by atoms with E-state index >= 15 is 0 Å². The van der Waals surface area contributed by atoms with E-state index < -0.39 is 0 Å². The molecule has 1 saturated heterocycles. The maximum absolute atomic E-state index is 3.41. The topological polar surface area (TPSA) is 39.9 Å². The highest BCUT2D eigenvalue weighted by atomic mass is 15.2. The number of H-pyrrole nitrogens is 1. The van der Waals surface area contributed by atoms with Crippen LogP contribution in [0.25, 0.3) is 10.9 Å². The van der Waals surface area contributed by atoms with Crippen LogP contribution in [0.5, 0.6) is 0 Å². The fourth-order valence-corrected chi connectivity index (χ4v) is 1.98. The summed E-state index contributed by atoms with van der Waals surface area (Å²) >= 11 is 0. The SMILES string of the molecule is c1ccc2[nH]c(C3NCCN3)cc2c1. The van der Waals surface area contributed by atoms with Gasteiger partial charge in [-0.25, -0.2) is 0 Å². The lowest BCUT2D eigenvalue weighted by molar-refractivity contribution is 0.576. The molecule has 1 aromatic carbocycles. The van der Waals surface area contributed by atoms with Crippen LogP contribution in [0.1, 0.15) is 11.9 Å². The van der Waals surface area contributed by atoms with Gasteiger partial charge in [-0.1, -0.05) is 18.2 Å². The number of aromatic amines is 1. The molecule has 3 nitrogen and oxygen atoms in total. The highest BCUT2D eigenvalue weighted by Gasteiger charge is 2.16. The van der Waals surface area contributed by atoms with Gasteiger partial charge in [0.15, 0.2) is 0 Å². The quantitative estimate of drug-likeness (QED) is 0.631. The predicted octanol–water partition coefficient (Wildman–Crippen LogP) is 1.36. The van der Waals surface area contributed by atoms with E-state index in [1.807, 2.05) is 0 Å². The van der Waals surface area contributed by atoms with Gasteiger partial charge in [0.05, 0.1) is 6.17 Å². The van der Waals surface area contributed by atoms with E-state index in [1.54, 1.807) is 0 Å². The van der Waals surface area contributed by atoms with Gasteiger partial charge in [-0.15, -0.1) is 0 Å². The molecule has 0 unspecified atom stereocenters. The molecule has 14 heavy (non-hydrogen) atoms. The molecule has 0 bridgehead atoms. The van der Waals surface area contributed by atoms with E-state index in [1.165, 1.54) is 16.6 Å². The van der Waals surface area contributed by atoms with E-state index in [-0.39, 0.29) is 0 Å². The molecule has 0 amide bonds. The molecule has 2 aromatic rings. The van der Waals surface area contributed by atoms with Gasteiger partial charge in [-0.2, -0.15) is 0 Å². The van der Waals surface area contributed by atoms with Gasteiger partial charge in [-0.05, 0) is 17.5 Å². The van der Waals surface area contributed by atoms with Crippen molar-refractivity contribution in [2.75, 3.05) is 13.1 Å². The highest BCUT2D eigenvalue weighted by Crippen LogP contribution is 2.19. The summed E-state index contributed by atoms with van der Waals surface area (Å²) in [4.78, 5) is 3.41. The first-order valence-corrected chi connectivity index (χ1v) is 4.98. The molecule has 0 aliphatic carbocycles. The second kappa shape index (κ2) is 3.12. The summed E-state index contributed by atoms with van der Waals surface area (Å²) in [6.07, 6.45) is 0.294. The Morgan fingerprint density at radius 2 is 1.86 bits per heavy atom. The lowest BCUT2D eigenvalue weighted by atomic mass is 10.2. The van der Waals surface area contributed by atoms with Gasteiger partial charge >= 0.3 is 0 Å². The van der Waals surface area contributed by atoms with Gasteiger partial charge in [0, 0.05) is 24.3 Å². The Morgan fingerprint density at radius 1 is 1.07 bits per heavy atom. The number of para-hydroxylation sites is 1. The number of fused-ring (bicyclic) bond motifs is 1. The molecule has 72 valence electrons. The van der Waals surface area contributed by atoms with E-state index in [9.17, 15) is 0 Å². The molecule has 1 fully saturated rings. The molecule has 0 saturated carbocycles. The number of hydrogen-bond donors (Lipinski definition) is 3. The molecule has 0 radical (unpaired) electrons. The van der Waals surface area contributed by atoms with Crippen molar-refractivity contribution in [3.8, 4) is 0 Å². The number of rotatable bonds is 1. The molecule has 3 N–H and O–H groups in total. The van der Waals surface area contributed by atoms with Crippen LogP contribution in [0.4, 0.5) is 0 Å². The van der Waals surface area contributed by atoms with Crippen molar-refractivity contribution in [2.24, 2.45) is 0 Å². The molecular weight excluding hydrogens is 174 g/mol. The van der Waals surface area contributed by atoms with E-state index in [4.69, 9.17) is 0 Å². The molecule has 1 aromatic heterocycles. The zero-order valence-corrected chi connectivity index (χ0v) is 7.88. The van der Waals surface area contributed by atoms with Crippen molar-refractivity contribution in [3.05, 3.63) is 36.0 Å². The molecule has 3 rings (SSSR count). The van der Waals surface area contributed by atoms with Crippen molar-refractivity contribution < 1.29 is 0 Å². The van der Waals surface area contributed by atoms with Gasteiger partial charge < -0.3 is 4.98 Å². The largest absolute Gasteiger partial charge is 0.356 e. The van der Waals surface area contributed by atoms with Gasteiger partial charge in [0.2, 0.25) is 0 Å². The Hall–Kier alpha value is -1.32. The van der Waals surface area contributed by atoms with Gasteiger partial charge in [-0.3, -0.25) is 10.6 Å². The van der Waals surface area contributed by atoms with Crippen LogP contribution in [0.2, 0.25) is 0 Å². The van der Waals surface area contributed by atoms with Crippen LogP contribution in [0, 0.1) is 0 Å². The second-order valence-electron chi connectivity index (χ2n) is 3.65. The van der Waals surface area contributed by atoms with Crippen molar-refractivity contribution >= 4 is 10.9 Å². The average molecular weight is 187 g/mol. The van der Waals surface area contributed by atoms with Gasteiger partial charge in [0.25, 0.3) is 0 Å². The third kappa shape index (κ3) is 1.22. The standard InChI is InChI=1S/C11H13N3/c1-2-4-9-8(3-1)7-10(14-9)11-12-5-6-13-11/h1-4,7,11-14H,5-6H2. The molecule has 0 atom stereocenters. The predicted molar refractivity (Wildman–Crippen MR) is 57.0 cm³/mol. The molecule has 2 heterocycles. The summed E-state index contributed by atoms with van der Waals surface area (Å²) in [5, 5.41) is 8.06. The molecular formula is C11H13N3. The fraction of sp³-hybridized carbons (Fsp3) is 0.273. The molecule has 1 aliphatic heterocycles. The maximum Gasteiger partial charge on any atom is 0.0989 e. The summed E-state index contributed by atoms with van der Waals surface area (Å²) in [5.74, 6) is 0. The zero-order chi connectivity index (χ0) is 9.38. The Balaban J connectivity index is 2.05. The van der Waals surface area contributed by atoms with Crippen molar-refractivity contribution in [2.45, 2.75) is 6.17 Å². The minimum atomic E-state index is 0.294. The van der Waals surface area contributed by atoms with Crippen LogP contribution in [-0.4, -0.2) is 18.1 Å². The highest BCUT2D eigenvalue weighted by molar-refractivity contribution is 5.80. The fourth-order valence-electron chi connectivity index (χ4n) is 1.98. The molecule has 0 spiro atoms. The Kier molecular flexibility index (Phi) is 1.79. The van der Waals surface area contributed by atoms with Crippen molar-refractivity contribution in [3.63, 3.8) is 0 Å². The third-order valence-electron chi connectivity index (χ3n) is 2.68. The van der Waals surface area contributed by atoms with Gasteiger partial charge in [0.1, 0.15) is 0 Å². The Bertz CT molecular complexity index is 407. The van der Waals surface area contributed by atoms with Crippen LogP contribution in [0.3, 0.4) is 0 Å². The number of benzene rings is 1. The van der Waals surface area contributed by atoms with Crippen molar-refractivity contribution in [1.82, 2.24) is 15.6 Å². The molecule has 1 aliphatic rings. The van der Waals surface area contributed by atoms with E-state index in [0.29, 0.717) is 6.17 Å². The van der Waals surface area contributed by atoms with E-state index in [2.05, 4.69) is 45.9 Å². The summed E-state index contributed by atoms with van der Waals surface area (Å²) < 4.78 is 0. The Labute approximate surface area is 82.5 Å². The number of hydrogen-bond acceptors (Lipinski definition) is 2. The number of nitrogens with one attached hydrogen (secondary N) is 3. The van der Waals surface area contributed by atoms with Crippen molar-refractivity contribution in [1.29, 1.82) is 0 Å². The molecule has 3 heteroatoms. The lowest BCUT2D eigenvalue weighted by Crippen LogP contribution is -2.21. The Morgan fingerprint density at radius 3 is 2.64 bits per heavy atom. The first kappa shape index (κ1) is 8.03. The first-order valence-electron chi connectivity index (χ1n) is 4.98. The second-order valence-corrected chi connectivity index (χ2v) is 3.65. The summed E-state index contributed by atoms with van der Waals surface area (Å²) in [6, 6.07) is 10.6. The number of aromatic nitrogens is 1. The minimum Gasteiger partial charge on any atom is -0.356 e. The maximum atomic E-state index is 3.41. The minimum absolute atomic E-state index is 0.294. The summed E-state index contributed by atoms with van der Waals surface area (Å²) in [7, 11) is 0. The average Bonchev–Trinajstić information content (AvgIpc) is 2.86. The first-order chi connectivity index (χ1) is 6.93. The van der Waals surface area contributed by atoms with Crippen LogP contribution in [0.15, 0.2) is 30.3 Å². The smallest absolute Gasteiger partial charge is 0.0989 e. The van der Waals surface area contributed by atoms with Crippen LogP contribution < -0.4 is 10.6 Å². The lowest BCUT2D eigenvalue weighted by Gasteiger charge is -2.07.